The largest absolute Gasteiger partial charge is 0.483 e. The number of ether oxygens (including phenoxy) is 1. The molecule has 2 fully saturated rings. The van der Waals surface area contributed by atoms with E-state index < -0.39 is 0 Å². The number of rotatable bonds is 6. The quantitative estimate of drug-likeness (QED) is 0.736. The molecule has 162 valence electrons. The normalized spacial score (nSPS) is 21.9. The molecule has 1 aromatic carbocycles. The maximum absolute atomic E-state index is 12.4. The van der Waals surface area contributed by atoms with Crippen LogP contribution in [0.3, 0.4) is 0 Å². The van der Waals surface area contributed by atoms with Crippen molar-refractivity contribution in [3.63, 3.8) is 0 Å². The number of nitrogens with one attached hydrogen (secondary N) is 1. The summed E-state index contributed by atoms with van der Waals surface area (Å²) in [5.74, 6) is 1.00. The fourth-order valence-electron chi connectivity index (χ4n) is 5.11. The Kier molecular flexibility index (Phi) is 6.42. The van der Waals surface area contributed by atoms with Gasteiger partial charge in [-0.25, -0.2) is 4.79 Å². The van der Waals surface area contributed by atoms with E-state index in [4.69, 9.17) is 9.15 Å². The number of carbonyl (C=O) groups excluding carboxylic acids is 1. The predicted octanol–water partition coefficient (Wildman–Crippen LogP) is 3.42. The summed E-state index contributed by atoms with van der Waals surface area (Å²) in [7, 11) is 0. The number of aryl methyl sites for hydroxylation is 2. The molecule has 0 spiro atoms. The first-order valence-corrected chi connectivity index (χ1v) is 11.3. The van der Waals surface area contributed by atoms with Gasteiger partial charge in [0.05, 0.1) is 0 Å². The summed E-state index contributed by atoms with van der Waals surface area (Å²) in [5.41, 5.74) is 1.88. The fourth-order valence-corrected chi connectivity index (χ4v) is 5.11. The molecule has 2 aliphatic rings. The lowest BCUT2D eigenvalue weighted by atomic mass is 9.83. The van der Waals surface area contributed by atoms with Crippen LogP contribution in [0.4, 0.5) is 0 Å². The van der Waals surface area contributed by atoms with E-state index in [1.165, 1.54) is 51.3 Å². The van der Waals surface area contributed by atoms with Gasteiger partial charge in [0.2, 0.25) is 0 Å². The molecule has 0 radical (unpaired) electrons. The van der Waals surface area contributed by atoms with Crippen LogP contribution in [0.25, 0.3) is 11.0 Å². The Hall–Kier alpha value is -2.34. The number of hydrogen-bond acceptors (Lipinski definition) is 5. The Labute approximate surface area is 177 Å². The maximum Gasteiger partial charge on any atom is 0.336 e. The van der Waals surface area contributed by atoms with Gasteiger partial charge in [0, 0.05) is 29.6 Å². The average molecular weight is 413 g/mol. The van der Waals surface area contributed by atoms with Crippen LogP contribution < -0.4 is 15.7 Å². The van der Waals surface area contributed by atoms with Gasteiger partial charge < -0.3 is 19.4 Å². The first-order valence-electron chi connectivity index (χ1n) is 11.3. The van der Waals surface area contributed by atoms with Gasteiger partial charge in [0.1, 0.15) is 11.3 Å². The molecule has 4 rings (SSSR count). The van der Waals surface area contributed by atoms with Crippen LogP contribution in [0.15, 0.2) is 27.4 Å². The van der Waals surface area contributed by atoms with Gasteiger partial charge in [0.25, 0.3) is 5.91 Å². The number of carbonyl (C=O) groups is 1. The van der Waals surface area contributed by atoms with Crippen LogP contribution in [0.5, 0.6) is 5.75 Å². The molecular formula is C24H32N2O4. The molecule has 2 atom stereocenters. The zero-order chi connectivity index (χ0) is 21.1. The second kappa shape index (κ2) is 9.21. The number of nitrogens with zero attached hydrogens (tertiary/aromatic N) is 1. The molecule has 30 heavy (non-hydrogen) atoms. The summed E-state index contributed by atoms with van der Waals surface area (Å²) in [4.78, 5) is 26.9. The first kappa shape index (κ1) is 20.9. The second-order valence-electron chi connectivity index (χ2n) is 8.60. The number of piperidine rings is 2. The molecule has 1 amide bonds. The SMILES string of the molecule is CCc1cc(=O)oc2c(C)c(OCC(=O)NC[C@H]3CCCN4CCCC[C@@H]34)ccc12. The number of amides is 1. The van der Waals surface area contributed by atoms with E-state index in [1.54, 1.807) is 0 Å². The molecule has 6 nitrogen and oxygen atoms in total. The zero-order valence-corrected chi connectivity index (χ0v) is 18.0. The molecular weight excluding hydrogens is 380 g/mol. The summed E-state index contributed by atoms with van der Waals surface area (Å²) < 4.78 is 11.2. The molecule has 1 aromatic heterocycles. The lowest BCUT2D eigenvalue weighted by Crippen LogP contribution is -2.51. The molecule has 1 N–H and O–H groups in total. The second-order valence-corrected chi connectivity index (χ2v) is 8.60. The van der Waals surface area contributed by atoms with Crippen LogP contribution >= 0.6 is 0 Å². The van der Waals surface area contributed by atoms with E-state index in [-0.39, 0.29) is 18.1 Å². The number of benzene rings is 1. The molecule has 2 saturated heterocycles. The van der Waals surface area contributed by atoms with Crippen molar-refractivity contribution in [1.29, 1.82) is 0 Å². The molecule has 3 heterocycles. The fraction of sp³-hybridized carbons (Fsp3) is 0.583. The predicted molar refractivity (Wildman–Crippen MR) is 117 cm³/mol. The van der Waals surface area contributed by atoms with E-state index in [2.05, 4.69) is 10.2 Å². The van der Waals surface area contributed by atoms with Crippen molar-refractivity contribution in [3.05, 3.63) is 39.7 Å². The Morgan fingerprint density at radius 1 is 1.23 bits per heavy atom. The highest BCUT2D eigenvalue weighted by Gasteiger charge is 2.32. The van der Waals surface area contributed by atoms with E-state index in [1.807, 2.05) is 26.0 Å². The minimum Gasteiger partial charge on any atom is -0.483 e. The van der Waals surface area contributed by atoms with E-state index >= 15 is 0 Å². The zero-order valence-electron chi connectivity index (χ0n) is 18.0. The van der Waals surface area contributed by atoms with E-state index in [0.717, 1.165) is 29.5 Å². The van der Waals surface area contributed by atoms with Crippen molar-refractivity contribution in [2.75, 3.05) is 26.2 Å². The molecule has 0 unspecified atom stereocenters. The monoisotopic (exact) mass is 412 g/mol. The van der Waals surface area contributed by atoms with Crippen molar-refractivity contribution in [2.45, 2.75) is 58.4 Å². The van der Waals surface area contributed by atoms with Crippen LogP contribution in [-0.2, 0) is 11.2 Å². The Morgan fingerprint density at radius 3 is 2.90 bits per heavy atom. The van der Waals surface area contributed by atoms with Crippen LogP contribution in [0.1, 0.15) is 50.2 Å². The Balaban J connectivity index is 1.36. The van der Waals surface area contributed by atoms with E-state index in [9.17, 15) is 9.59 Å². The number of hydrogen-bond donors (Lipinski definition) is 1. The molecule has 2 aliphatic heterocycles. The Morgan fingerprint density at radius 2 is 2.07 bits per heavy atom. The minimum atomic E-state index is -0.360. The highest BCUT2D eigenvalue weighted by molar-refractivity contribution is 5.85. The van der Waals surface area contributed by atoms with Gasteiger partial charge in [-0.15, -0.1) is 0 Å². The summed E-state index contributed by atoms with van der Waals surface area (Å²) in [6.07, 6.45) is 7.00. The Bertz CT molecular complexity index is 966. The van der Waals surface area contributed by atoms with E-state index in [0.29, 0.717) is 23.3 Å². The summed E-state index contributed by atoms with van der Waals surface area (Å²) >= 11 is 0. The molecule has 6 heteroatoms. The molecule has 0 bridgehead atoms. The third kappa shape index (κ3) is 4.38. The molecule has 0 aliphatic carbocycles. The van der Waals surface area contributed by atoms with Crippen molar-refractivity contribution in [3.8, 4) is 5.75 Å². The standard InChI is InChI=1S/C24H32N2O4/c1-3-17-13-23(28)30-24-16(2)21(10-9-19(17)24)29-15-22(27)25-14-18-7-6-12-26-11-5-4-8-20(18)26/h9-10,13,18,20H,3-8,11-12,14-15H2,1-2H3,(H,25,27)/t18-,20+/m1/s1. The summed E-state index contributed by atoms with van der Waals surface area (Å²) in [5, 5.41) is 3.99. The molecule has 0 saturated carbocycles. The maximum atomic E-state index is 12.4. The lowest BCUT2D eigenvalue weighted by Gasteiger charge is -2.44. The van der Waals surface area contributed by atoms with Gasteiger partial charge in [-0.3, -0.25) is 4.79 Å². The van der Waals surface area contributed by atoms with Gasteiger partial charge in [-0.05, 0) is 75.7 Å². The highest BCUT2D eigenvalue weighted by Crippen LogP contribution is 2.31. The minimum absolute atomic E-state index is 0.0366. The van der Waals surface area contributed by atoms with Gasteiger partial charge in [-0.1, -0.05) is 13.3 Å². The van der Waals surface area contributed by atoms with Gasteiger partial charge in [-0.2, -0.15) is 0 Å². The lowest BCUT2D eigenvalue weighted by molar-refractivity contribution is -0.123. The highest BCUT2D eigenvalue weighted by atomic mass is 16.5. The van der Waals surface area contributed by atoms with Crippen LogP contribution in [-0.4, -0.2) is 43.1 Å². The number of fused-ring (bicyclic) bond motifs is 2. The van der Waals surface area contributed by atoms with Crippen molar-refractivity contribution < 1.29 is 13.9 Å². The third-order valence-corrected chi connectivity index (χ3v) is 6.73. The van der Waals surface area contributed by atoms with Gasteiger partial charge >= 0.3 is 5.63 Å². The summed E-state index contributed by atoms with van der Waals surface area (Å²) in [6, 6.07) is 5.91. The summed E-state index contributed by atoms with van der Waals surface area (Å²) in [6.45, 7) is 6.96. The average Bonchev–Trinajstić information content (AvgIpc) is 2.77. The topological polar surface area (TPSA) is 71.8 Å². The van der Waals surface area contributed by atoms with Crippen molar-refractivity contribution in [1.82, 2.24) is 10.2 Å². The first-order chi connectivity index (χ1) is 14.6. The van der Waals surface area contributed by atoms with Gasteiger partial charge in [0.15, 0.2) is 6.61 Å². The molecule has 2 aromatic rings. The van der Waals surface area contributed by atoms with Crippen LogP contribution in [0, 0.1) is 12.8 Å². The third-order valence-electron chi connectivity index (χ3n) is 6.73. The van der Waals surface area contributed by atoms with Crippen molar-refractivity contribution in [2.24, 2.45) is 5.92 Å². The smallest absolute Gasteiger partial charge is 0.336 e. The van der Waals surface area contributed by atoms with Crippen molar-refractivity contribution >= 4 is 16.9 Å². The van der Waals surface area contributed by atoms with Crippen LogP contribution in [0.2, 0.25) is 0 Å².